The molecule has 0 spiro atoms. The summed E-state index contributed by atoms with van der Waals surface area (Å²) < 4.78 is 7.00. The number of nitrogens with one attached hydrogen (secondary N) is 1. The lowest BCUT2D eigenvalue weighted by Gasteiger charge is -2.39. The van der Waals surface area contributed by atoms with Crippen LogP contribution in [0, 0.1) is 5.92 Å². The Hall–Kier alpha value is -2.74. The van der Waals surface area contributed by atoms with E-state index >= 15 is 0 Å². The first-order chi connectivity index (χ1) is 13.2. The van der Waals surface area contributed by atoms with Crippen LogP contribution < -0.4 is 10.9 Å². The third-order valence-corrected chi connectivity index (χ3v) is 5.02. The molecule has 0 aromatic carbocycles. The molecule has 2 aliphatic rings. The van der Waals surface area contributed by atoms with Crippen LogP contribution in [0.2, 0.25) is 0 Å². The predicted molar refractivity (Wildman–Crippen MR) is 99.2 cm³/mol. The van der Waals surface area contributed by atoms with Gasteiger partial charge < -0.3 is 15.0 Å². The summed E-state index contributed by atoms with van der Waals surface area (Å²) in [7, 11) is 0. The lowest BCUT2D eigenvalue weighted by Crippen LogP contribution is -2.56. The van der Waals surface area contributed by atoms with Gasteiger partial charge in [0.1, 0.15) is 0 Å². The highest BCUT2D eigenvalue weighted by Gasteiger charge is 2.31. The molecular weight excluding hydrogens is 346 g/mol. The Bertz CT molecular complexity index is 842. The highest BCUT2D eigenvalue weighted by molar-refractivity contribution is 5.75. The number of rotatable bonds is 5. The molecule has 0 radical (unpaired) electrons. The van der Waals surface area contributed by atoms with Gasteiger partial charge in [-0.15, -0.1) is 0 Å². The second-order valence-electron chi connectivity index (χ2n) is 7.07. The number of ether oxygens (including phenoxy) is 1. The van der Waals surface area contributed by atoms with Gasteiger partial charge in [0.05, 0.1) is 18.3 Å². The fourth-order valence-electron chi connectivity index (χ4n) is 3.47. The molecule has 0 saturated carbocycles. The van der Waals surface area contributed by atoms with Gasteiger partial charge in [-0.2, -0.15) is 5.10 Å². The Morgan fingerprint density at radius 2 is 2.04 bits per heavy atom. The van der Waals surface area contributed by atoms with Gasteiger partial charge in [-0.25, -0.2) is 9.48 Å². The molecule has 2 aromatic rings. The largest absolute Gasteiger partial charge is 0.376 e. The molecule has 2 saturated heterocycles. The van der Waals surface area contributed by atoms with Crippen molar-refractivity contribution in [3.05, 3.63) is 47.0 Å². The topological polar surface area (TPSA) is 89.3 Å². The number of carbonyl (C=O) groups is 1. The molecule has 27 heavy (non-hydrogen) atoms. The number of amides is 2. The van der Waals surface area contributed by atoms with Gasteiger partial charge in [-0.3, -0.25) is 9.78 Å². The summed E-state index contributed by atoms with van der Waals surface area (Å²) in [5, 5.41) is 7.39. The summed E-state index contributed by atoms with van der Waals surface area (Å²) in [6, 6.07) is 6.92. The minimum atomic E-state index is -0.130. The zero-order valence-corrected chi connectivity index (χ0v) is 15.1. The van der Waals surface area contributed by atoms with Gasteiger partial charge in [0.2, 0.25) is 0 Å². The Morgan fingerprint density at radius 3 is 2.78 bits per heavy atom. The van der Waals surface area contributed by atoms with Gasteiger partial charge in [-0.05, 0) is 31.0 Å². The SMILES string of the molecule is O=C(NCC1CCCO1)N1CC(Cn2nc(-c3ccncc3)ccc2=O)C1. The molecule has 0 bridgehead atoms. The second kappa shape index (κ2) is 7.87. The van der Waals surface area contributed by atoms with Crippen molar-refractivity contribution in [1.82, 2.24) is 25.0 Å². The average Bonchev–Trinajstić information content (AvgIpc) is 3.18. The minimum absolute atomic E-state index is 0.0624. The van der Waals surface area contributed by atoms with Crippen LogP contribution in [0.15, 0.2) is 41.5 Å². The van der Waals surface area contributed by atoms with E-state index in [0.717, 1.165) is 30.7 Å². The van der Waals surface area contributed by atoms with Crippen LogP contribution in [-0.4, -0.2) is 58.0 Å². The summed E-state index contributed by atoms with van der Waals surface area (Å²) in [5.74, 6) is 0.233. The van der Waals surface area contributed by atoms with E-state index in [1.807, 2.05) is 12.1 Å². The Morgan fingerprint density at radius 1 is 1.22 bits per heavy atom. The first-order valence-electron chi connectivity index (χ1n) is 9.32. The van der Waals surface area contributed by atoms with E-state index in [4.69, 9.17) is 4.74 Å². The Labute approximate surface area is 157 Å². The smallest absolute Gasteiger partial charge is 0.317 e. The molecule has 2 aliphatic heterocycles. The molecule has 1 unspecified atom stereocenters. The molecule has 142 valence electrons. The first kappa shape index (κ1) is 17.7. The maximum Gasteiger partial charge on any atom is 0.317 e. The normalized spacial score (nSPS) is 19.7. The summed E-state index contributed by atoms with van der Waals surface area (Å²) in [6.07, 6.45) is 5.61. The van der Waals surface area contributed by atoms with Gasteiger partial charge in [0.25, 0.3) is 5.56 Å². The van der Waals surface area contributed by atoms with Gasteiger partial charge in [0, 0.05) is 56.2 Å². The quantitative estimate of drug-likeness (QED) is 0.853. The van der Waals surface area contributed by atoms with Gasteiger partial charge in [-0.1, -0.05) is 0 Å². The van der Waals surface area contributed by atoms with E-state index < -0.39 is 0 Å². The number of urea groups is 1. The lowest BCUT2D eigenvalue weighted by atomic mass is 10.0. The van der Waals surface area contributed by atoms with E-state index in [1.54, 1.807) is 23.4 Å². The molecule has 1 atom stereocenters. The molecular formula is C19H23N5O3. The monoisotopic (exact) mass is 369 g/mol. The van der Waals surface area contributed by atoms with E-state index in [1.165, 1.54) is 10.7 Å². The molecule has 8 nitrogen and oxygen atoms in total. The van der Waals surface area contributed by atoms with Crippen molar-refractivity contribution in [3.63, 3.8) is 0 Å². The maximum atomic E-state index is 12.2. The van der Waals surface area contributed by atoms with Crippen LogP contribution in [0.5, 0.6) is 0 Å². The minimum Gasteiger partial charge on any atom is -0.376 e. The lowest BCUT2D eigenvalue weighted by molar-refractivity contribution is 0.0914. The summed E-state index contributed by atoms with van der Waals surface area (Å²) in [6.45, 7) is 3.12. The zero-order valence-electron chi connectivity index (χ0n) is 15.1. The number of hydrogen-bond acceptors (Lipinski definition) is 5. The molecule has 8 heteroatoms. The van der Waals surface area contributed by atoms with Crippen molar-refractivity contribution >= 4 is 6.03 Å². The second-order valence-corrected chi connectivity index (χ2v) is 7.07. The van der Waals surface area contributed by atoms with E-state index in [9.17, 15) is 9.59 Å². The van der Waals surface area contributed by atoms with E-state index in [2.05, 4.69) is 15.4 Å². The van der Waals surface area contributed by atoms with Gasteiger partial charge in [0.15, 0.2) is 0 Å². The molecule has 4 heterocycles. The highest BCUT2D eigenvalue weighted by atomic mass is 16.5. The standard InChI is InChI=1S/C19H23N5O3/c25-18-4-3-17(15-5-7-20-8-6-15)22-24(18)13-14-11-23(12-14)19(26)21-10-16-2-1-9-27-16/h3-8,14,16H,1-2,9-13H2,(H,21,26). The summed E-state index contributed by atoms with van der Waals surface area (Å²) in [5.41, 5.74) is 1.53. The number of pyridine rings is 1. The summed E-state index contributed by atoms with van der Waals surface area (Å²) in [4.78, 5) is 30.0. The number of hydrogen-bond donors (Lipinski definition) is 1. The van der Waals surface area contributed by atoms with Crippen molar-refractivity contribution in [2.45, 2.75) is 25.5 Å². The molecule has 0 aliphatic carbocycles. The number of aromatic nitrogens is 3. The maximum absolute atomic E-state index is 12.2. The Balaban J connectivity index is 1.30. The predicted octanol–water partition coefficient (Wildman–Crippen LogP) is 1.13. The molecule has 2 aromatic heterocycles. The third kappa shape index (κ3) is 4.16. The Kier molecular flexibility index (Phi) is 5.15. The highest BCUT2D eigenvalue weighted by Crippen LogP contribution is 2.18. The zero-order chi connectivity index (χ0) is 18.6. The van der Waals surface area contributed by atoms with E-state index in [0.29, 0.717) is 26.2 Å². The fraction of sp³-hybridized carbons (Fsp3) is 0.474. The number of likely N-dealkylation sites (tertiary alicyclic amines) is 1. The fourth-order valence-corrected chi connectivity index (χ4v) is 3.47. The van der Waals surface area contributed by atoms with Crippen molar-refractivity contribution in [1.29, 1.82) is 0 Å². The van der Waals surface area contributed by atoms with E-state index in [-0.39, 0.29) is 23.6 Å². The van der Waals surface area contributed by atoms with Crippen molar-refractivity contribution in [3.8, 4) is 11.3 Å². The molecule has 2 amide bonds. The third-order valence-electron chi connectivity index (χ3n) is 5.02. The molecule has 4 rings (SSSR count). The van der Waals surface area contributed by atoms with Crippen LogP contribution in [0.3, 0.4) is 0 Å². The molecule has 2 fully saturated rings. The van der Waals surface area contributed by atoms with Gasteiger partial charge >= 0.3 is 6.03 Å². The molecule has 1 N–H and O–H groups in total. The van der Waals surface area contributed by atoms with Crippen LogP contribution in [-0.2, 0) is 11.3 Å². The van der Waals surface area contributed by atoms with Crippen LogP contribution in [0.25, 0.3) is 11.3 Å². The van der Waals surface area contributed by atoms with Crippen molar-refractivity contribution < 1.29 is 9.53 Å². The first-order valence-corrected chi connectivity index (χ1v) is 9.32. The van der Waals surface area contributed by atoms with Crippen LogP contribution >= 0.6 is 0 Å². The average molecular weight is 369 g/mol. The van der Waals surface area contributed by atoms with Crippen LogP contribution in [0.1, 0.15) is 12.8 Å². The van der Waals surface area contributed by atoms with Crippen molar-refractivity contribution in [2.24, 2.45) is 5.92 Å². The number of nitrogens with zero attached hydrogens (tertiary/aromatic N) is 4. The van der Waals surface area contributed by atoms with Crippen molar-refractivity contribution in [2.75, 3.05) is 26.2 Å². The van der Waals surface area contributed by atoms with Crippen LogP contribution in [0.4, 0.5) is 4.79 Å². The number of carbonyl (C=O) groups excluding carboxylic acids is 1. The summed E-state index contributed by atoms with van der Waals surface area (Å²) >= 11 is 0.